The lowest BCUT2D eigenvalue weighted by Gasteiger charge is -2.45. The molecule has 54 heavy (non-hydrogen) atoms. The van der Waals surface area contributed by atoms with Crippen molar-refractivity contribution in [3.05, 3.63) is 203 Å². The van der Waals surface area contributed by atoms with Crippen molar-refractivity contribution >= 4 is 34.0 Å². The molecule has 1 aliphatic carbocycles. The maximum atomic E-state index is 2.54. The molecule has 0 spiro atoms. The van der Waals surface area contributed by atoms with E-state index in [1.807, 2.05) is 0 Å². The zero-order valence-corrected chi connectivity index (χ0v) is 32.5. The zero-order chi connectivity index (χ0) is 37.3. The number of aryl methyl sites for hydroxylation is 4. The molecule has 0 N–H and O–H groups in total. The van der Waals surface area contributed by atoms with Crippen LogP contribution in [0.3, 0.4) is 0 Å². The number of benzene rings is 6. The van der Waals surface area contributed by atoms with Crippen LogP contribution in [0.1, 0.15) is 79.3 Å². The Morgan fingerprint density at radius 3 is 1.46 bits per heavy atom. The average molecular weight is 707 g/mol. The fourth-order valence-electron chi connectivity index (χ4n) is 7.86. The molecular formula is C52H54N2. The maximum Gasteiger partial charge on any atom is 0.0923 e. The summed E-state index contributed by atoms with van der Waals surface area (Å²) in [7, 11) is 0. The highest BCUT2D eigenvalue weighted by Gasteiger charge is 2.38. The molecule has 0 aromatic heterocycles. The third kappa shape index (κ3) is 8.14. The van der Waals surface area contributed by atoms with E-state index in [1.54, 1.807) is 0 Å². The van der Waals surface area contributed by atoms with E-state index in [0.717, 1.165) is 24.9 Å². The van der Waals surface area contributed by atoms with E-state index in [0.29, 0.717) is 0 Å². The molecule has 0 aliphatic heterocycles. The lowest BCUT2D eigenvalue weighted by molar-refractivity contribution is 0.548. The SMILES string of the molecule is CCCCc1ccc(N(c2ccc(CCCC)cc2)c2ccc(C3=CCC(c4ccccc4)(N(c4cccc(C)c4)c4cccc(C)c4)C=C3)cc2)cc1. The molecule has 0 saturated carbocycles. The minimum absolute atomic E-state index is 0.407. The zero-order valence-electron chi connectivity index (χ0n) is 32.5. The summed E-state index contributed by atoms with van der Waals surface area (Å²) in [6.07, 6.45) is 15.1. The number of hydrogen-bond acceptors (Lipinski definition) is 2. The smallest absolute Gasteiger partial charge is 0.0923 e. The van der Waals surface area contributed by atoms with E-state index in [1.165, 1.54) is 87.4 Å². The maximum absolute atomic E-state index is 2.54. The van der Waals surface area contributed by atoms with Crippen LogP contribution >= 0.6 is 0 Å². The molecule has 1 unspecified atom stereocenters. The Kier molecular flexibility index (Phi) is 11.6. The van der Waals surface area contributed by atoms with Gasteiger partial charge in [-0.2, -0.15) is 0 Å². The predicted octanol–water partition coefficient (Wildman–Crippen LogP) is 14.5. The molecular weight excluding hydrogens is 653 g/mol. The van der Waals surface area contributed by atoms with Crippen molar-refractivity contribution in [3.8, 4) is 0 Å². The Labute approximate surface area is 324 Å². The van der Waals surface area contributed by atoms with Crippen LogP contribution in [-0.2, 0) is 18.4 Å². The number of unbranched alkanes of at least 4 members (excludes halogenated alkanes) is 2. The lowest BCUT2D eigenvalue weighted by atomic mass is 9.78. The molecule has 6 aromatic carbocycles. The first kappa shape index (κ1) is 36.7. The monoisotopic (exact) mass is 706 g/mol. The van der Waals surface area contributed by atoms with Gasteiger partial charge in [0.2, 0.25) is 0 Å². The van der Waals surface area contributed by atoms with Crippen LogP contribution in [0.15, 0.2) is 170 Å². The van der Waals surface area contributed by atoms with Crippen molar-refractivity contribution in [2.75, 3.05) is 9.80 Å². The molecule has 2 heteroatoms. The van der Waals surface area contributed by atoms with Gasteiger partial charge in [-0.25, -0.2) is 0 Å². The fraction of sp³-hybridized carbons (Fsp3) is 0.231. The summed E-state index contributed by atoms with van der Waals surface area (Å²) >= 11 is 0. The van der Waals surface area contributed by atoms with Gasteiger partial charge in [0.1, 0.15) is 0 Å². The van der Waals surface area contributed by atoms with Crippen LogP contribution in [0.25, 0.3) is 5.57 Å². The Balaban J connectivity index is 1.23. The first-order valence-electron chi connectivity index (χ1n) is 19.9. The molecule has 2 nitrogen and oxygen atoms in total. The van der Waals surface area contributed by atoms with Gasteiger partial charge in [-0.15, -0.1) is 0 Å². The number of allylic oxidation sites excluding steroid dienone is 2. The highest BCUT2D eigenvalue weighted by atomic mass is 15.2. The minimum atomic E-state index is -0.407. The van der Waals surface area contributed by atoms with Gasteiger partial charge in [0.05, 0.1) is 5.54 Å². The molecule has 0 bridgehead atoms. The molecule has 0 amide bonds. The van der Waals surface area contributed by atoms with Crippen LogP contribution in [0.2, 0.25) is 0 Å². The number of anilines is 5. The highest BCUT2D eigenvalue weighted by molar-refractivity contribution is 5.82. The Morgan fingerprint density at radius 2 is 1.02 bits per heavy atom. The summed E-state index contributed by atoms with van der Waals surface area (Å²) in [5, 5.41) is 0. The van der Waals surface area contributed by atoms with Gasteiger partial charge >= 0.3 is 0 Å². The van der Waals surface area contributed by atoms with Crippen LogP contribution in [0.5, 0.6) is 0 Å². The molecule has 0 radical (unpaired) electrons. The number of hydrogen-bond donors (Lipinski definition) is 0. The first-order valence-corrected chi connectivity index (χ1v) is 19.9. The van der Waals surface area contributed by atoms with Gasteiger partial charge in [-0.05, 0) is 146 Å². The van der Waals surface area contributed by atoms with Crippen molar-refractivity contribution < 1.29 is 0 Å². The standard InChI is InChI=1S/C52H54N2/c1-5-7-16-42-22-28-47(29-23-42)53(48-30-24-43(25-31-48)17-8-6-2)49-32-26-44(27-33-49)45-34-36-52(37-35-45,46-18-10-9-11-19-46)54(50-20-12-14-40(3)38-50)51-21-13-15-41(4)39-51/h9-15,18-36,38-39H,5-8,16-17,37H2,1-4H3. The van der Waals surface area contributed by atoms with Gasteiger partial charge in [-0.3, -0.25) is 0 Å². The van der Waals surface area contributed by atoms with Gasteiger partial charge in [0, 0.05) is 28.4 Å². The van der Waals surface area contributed by atoms with Crippen molar-refractivity contribution in [1.82, 2.24) is 0 Å². The first-order chi connectivity index (χ1) is 26.5. The normalized spacial score (nSPS) is 15.1. The van der Waals surface area contributed by atoms with Crippen molar-refractivity contribution in [1.29, 1.82) is 0 Å². The van der Waals surface area contributed by atoms with Crippen LogP contribution in [-0.4, -0.2) is 0 Å². The lowest BCUT2D eigenvalue weighted by Crippen LogP contribution is -2.42. The fourth-order valence-corrected chi connectivity index (χ4v) is 7.86. The summed E-state index contributed by atoms with van der Waals surface area (Å²) in [4.78, 5) is 4.93. The predicted molar refractivity (Wildman–Crippen MR) is 233 cm³/mol. The summed E-state index contributed by atoms with van der Waals surface area (Å²) in [6.45, 7) is 8.87. The third-order valence-electron chi connectivity index (χ3n) is 10.9. The topological polar surface area (TPSA) is 6.48 Å². The Bertz CT molecular complexity index is 2080. The summed E-state index contributed by atoms with van der Waals surface area (Å²) in [5.41, 5.74) is 14.5. The van der Waals surface area contributed by atoms with Crippen molar-refractivity contribution in [2.24, 2.45) is 0 Å². The average Bonchev–Trinajstić information content (AvgIpc) is 3.21. The quantitative estimate of drug-likeness (QED) is 0.111. The molecule has 272 valence electrons. The third-order valence-corrected chi connectivity index (χ3v) is 10.9. The number of nitrogens with zero attached hydrogens (tertiary/aromatic N) is 2. The molecule has 1 aliphatic rings. The minimum Gasteiger partial charge on any atom is -0.327 e. The Hall–Kier alpha value is -5.60. The van der Waals surface area contributed by atoms with Crippen LogP contribution in [0, 0.1) is 13.8 Å². The summed E-state index contributed by atoms with van der Waals surface area (Å²) < 4.78 is 0. The summed E-state index contributed by atoms with van der Waals surface area (Å²) in [6, 6.07) is 56.3. The van der Waals surface area contributed by atoms with E-state index in [-0.39, 0.29) is 0 Å². The second kappa shape index (κ2) is 17.0. The molecule has 0 fully saturated rings. The second-order valence-electron chi connectivity index (χ2n) is 14.9. The van der Waals surface area contributed by atoms with Gasteiger partial charge in [0.25, 0.3) is 0 Å². The van der Waals surface area contributed by atoms with Crippen molar-refractivity contribution in [2.45, 2.75) is 78.2 Å². The largest absolute Gasteiger partial charge is 0.327 e. The molecule has 7 rings (SSSR count). The van der Waals surface area contributed by atoms with Gasteiger partial charge in [0.15, 0.2) is 0 Å². The van der Waals surface area contributed by atoms with E-state index >= 15 is 0 Å². The Morgan fingerprint density at radius 1 is 0.519 bits per heavy atom. The van der Waals surface area contributed by atoms with E-state index < -0.39 is 5.54 Å². The summed E-state index contributed by atoms with van der Waals surface area (Å²) in [5.74, 6) is 0. The van der Waals surface area contributed by atoms with Gasteiger partial charge < -0.3 is 9.80 Å². The second-order valence-corrected chi connectivity index (χ2v) is 14.9. The van der Waals surface area contributed by atoms with Crippen LogP contribution < -0.4 is 9.80 Å². The number of rotatable bonds is 14. The van der Waals surface area contributed by atoms with E-state index in [9.17, 15) is 0 Å². The van der Waals surface area contributed by atoms with E-state index in [2.05, 4.69) is 207 Å². The highest BCUT2D eigenvalue weighted by Crippen LogP contribution is 2.47. The molecule has 1 atom stereocenters. The van der Waals surface area contributed by atoms with Gasteiger partial charge in [-0.1, -0.05) is 136 Å². The molecule has 0 heterocycles. The molecule has 6 aromatic rings. The van der Waals surface area contributed by atoms with Crippen LogP contribution in [0.4, 0.5) is 28.4 Å². The van der Waals surface area contributed by atoms with E-state index in [4.69, 9.17) is 0 Å². The van der Waals surface area contributed by atoms with Crippen molar-refractivity contribution in [3.63, 3.8) is 0 Å². The molecule has 0 saturated heterocycles.